The minimum absolute atomic E-state index is 0.844. The summed E-state index contributed by atoms with van der Waals surface area (Å²) in [6, 6.07) is 12.7. The summed E-state index contributed by atoms with van der Waals surface area (Å²) >= 11 is 1.77. The third-order valence-corrected chi connectivity index (χ3v) is 8.01. The number of fused-ring (bicyclic) bond motifs is 2. The van der Waals surface area contributed by atoms with E-state index in [0.717, 1.165) is 89.2 Å². The normalized spacial score (nSPS) is 14.3. The molecule has 0 fully saturated rings. The van der Waals surface area contributed by atoms with Gasteiger partial charge in [-0.3, -0.25) is 0 Å². The van der Waals surface area contributed by atoms with Crippen molar-refractivity contribution in [2.75, 3.05) is 25.4 Å². The van der Waals surface area contributed by atoms with Gasteiger partial charge in [-0.15, -0.1) is 10.2 Å². The van der Waals surface area contributed by atoms with Crippen molar-refractivity contribution >= 4 is 22.8 Å². The second kappa shape index (κ2) is 9.91. The number of aryl methyl sites for hydroxylation is 1. The van der Waals surface area contributed by atoms with E-state index in [9.17, 15) is 0 Å². The summed E-state index contributed by atoms with van der Waals surface area (Å²) in [5.74, 6) is 2.72. The monoisotopic (exact) mass is 499 g/mol. The van der Waals surface area contributed by atoms with Crippen molar-refractivity contribution < 1.29 is 4.52 Å². The highest BCUT2D eigenvalue weighted by Crippen LogP contribution is 2.29. The van der Waals surface area contributed by atoms with Crippen molar-refractivity contribution in [1.29, 1.82) is 0 Å². The summed E-state index contributed by atoms with van der Waals surface area (Å²) in [6.45, 7) is 5.21. The molecule has 4 aromatic heterocycles. The number of thioether (sulfide) groups is 1. The highest BCUT2D eigenvalue weighted by atomic mass is 32.2. The number of aromatic amines is 1. The van der Waals surface area contributed by atoms with Gasteiger partial charge in [-0.1, -0.05) is 29.1 Å². The Morgan fingerprint density at radius 3 is 2.83 bits per heavy atom. The molecule has 1 aromatic carbocycles. The van der Waals surface area contributed by atoms with Crippen LogP contribution in [0.3, 0.4) is 0 Å². The first-order valence-electron chi connectivity index (χ1n) is 12.4. The first-order chi connectivity index (χ1) is 17.7. The number of H-pyrrole nitrogens is 1. The zero-order chi connectivity index (χ0) is 24.5. The van der Waals surface area contributed by atoms with E-state index in [1.165, 1.54) is 11.1 Å². The maximum absolute atomic E-state index is 5.26. The lowest BCUT2D eigenvalue weighted by Gasteiger charge is -2.19. The summed E-state index contributed by atoms with van der Waals surface area (Å²) in [5, 5.41) is 15.1. The highest BCUT2D eigenvalue weighted by molar-refractivity contribution is 7.99. The Morgan fingerprint density at radius 1 is 1.08 bits per heavy atom. The molecule has 0 radical (unpaired) electrons. The van der Waals surface area contributed by atoms with Crippen LogP contribution in [0.25, 0.3) is 33.7 Å². The van der Waals surface area contributed by atoms with Gasteiger partial charge in [0.05, 0.1) is 0 Å². The van der Waals surface area contributed by atoms with E-state index in [0.29, 0.717) is 0 Å². The third-order valence-electron chi connectivity index (χ3n) is 6.90. The lowest BCUT2D eigenvalue weighted by atomic mass is 9.99. The number of pyridine rings is 1. The molecule has 36 heavy (non-hydrogen) atoms. The van der Waals surface area contributed by atoms with Gasteiger partial charge in [-0.25, -0.2) is 4.98 Å². The predicted octanol–water partition coefficient (Wildman–Crippen LogP) is 4.90. The number of nitrogens with one attached hydrogen (secondary N) is 1. The maximum Gasteiger partial charge on any atom is 0.191 e. The molecule has 0 amide bonds. The number of benzene rings is 1. The summed E-state index contributed by atoms with van der Waals surface area (Å²) in [4.78, 5) is 10.2. The SMILES string of the molecule is Cc1cc(-c2ccc3c(c2)CCN(CCCSc2nnc(-c4c[nH]c5ncccc45)n2C)CC3)no1. The van der Waals surface area contributed by atoms with E-state index < -0.39 is 0 Å². The Morgan fingerprint density at radius 2 is 1.97 bits per heavy atom. The molecule has 1 aliphatic heterocycles. The van der Waals surface area contributed by atoms with Gasteiger partial charge in [0.2, 0.25) is 0 Å². The standard InChI is InChI=1S/C27H29N7OS/c1-18-15-24(32-35-18)21-7-6-19-8-12-34(13-9-20(19)16-21)11-4-14-36-27-31-30-26(33(27)2)23-17-29-25-22(23)5-3-10-28-25/h3,5-7,10,15-17H,4,8-9,11-14H2,1-2H3,(H,28,29). The summed E-state index contributed by atoms with van der Waals surface area (Å²) in [5.41, 5.74) is 6.85. The molecule has 8 nitrogen and oxygen atoms in total. The molecule has 0 unspecified atom stereocenters. The zero-order valence-corrected chi connectivity index (χ0v) is 21.4. The van der Waals surface area contributed by atoms with Crippen molar-refractivity contribution in [2.45, 2.75) is 31.3 Å². The molecule has 0 atom stereocenters. The van der Waals surface area contributed by atoms with E-state index in [2.05, 4.69) is 59.1 Å². The Labute approximate surface area is 214 Å². The van der Waals surface area contributed by atoms with E-state index in [1.807, 2.05) is 32.3 Å². The topological polar surface area (TPSA) is 88.7 Å². The van der Waals surface area contributed by atoms with E-state index >= 15 is 0 Å². The van der Waals surface area contributed by atoms with Crippen LogP contribution in [-0.4, -0.2) is 60.2 Å². The Bertz CT molecular complexity index is 1500. The molecule has 1 N–H and O–H groups in total. The fourth-order valence-electron chi connectivity index (χ4n) is 4.92. The van der Waals surface area contributed by atoms with Gasteiger partial charge in [0.25, 0.3) is 0 Å². The van der Waals surface area contributed by atoms with Crippen LogP contribution in [0.2, 0.25) is 0 Å². The summed E-state index contributed by atoms with van der Waals surface area (Å²) in [7, 11) is 2.04. The zero-order valence-electron chi connectivity index (χ0n) is 20.6. The van der Waals surface area contributed by atoms with Crippen LogP contribution in [0.4, 0.5) is 0 Å². The summed E-state index contributed by atoms with van der Waals surface area (Å²) < 4.78 is 7.34. The Kier molecular flexibility index (Phi) is 6.33. The van der Waals surface area contributed by atoms with Crippen LogP contribution in [0, 0.1) is 6.92 Å². The molecule has 184 valence electrons. The van der Waals surface area contributed by atoms with Crippen LogP contribution >= 0.6 is 11.8 Å². The molecule has 0 bridgehead atoms. The number of hydrogen-bond acceptors (Lipinski definition) is 7. The van der Waals surface area contributed by atoms with Gasteiger partial charge in [0.15, 0.2) is 11.0 Å². The van der Waals surface area contributed by atoms with Crippen molar-refractivity contribution in [2.24, 2.45) is 7.05 Å². The second-order valence-electron chi connectivity index (χ2n) is 9.32. The largest absolute Gasteiger partial charge is 0.361 e. The fraction of sp³-hybridized carbons (Fsp3) is 0.333. The highest BCUT2D eigenvalue weighted by Gasteiger charge is 2.17. The first kappa shape index (κ1) is 23.0. The van der Waals surface area contributed by atoms with Gasteiger partial charge in [0, 0.05) is 60.9 Å². The van der Waals surface area contributed by atoms with Gasteiger partial charge < -0.3 is 19.0 Å². The maximum atomic E-state index is 5.26. The molecule has 0 saturated carbocycles. The van der Waals surface area contributed by atoms with Crippen LogP contribution < -0.4 is 0 Å². The quantitative estimate of drug-likeness (QED) is 0.252. The molecular formula is C27H29N7OS. The summed E-state index contributed by atoms with van der Waals surface area (Å²) in [6.07, 6.45) is 7.03. The molecule has 0 saturated heterocycles. The Hall–Kier alpha value is -3.43. The van der Waals surface area contributed by atoms with Crippen molar-refractivity contribution in [3.8, 4) is 22.6 Å². The van der Waals surface area contributed by atoms with E-state index in [-0.39, 0.29) is 0 Å². The minimum Gasteiger partial charge on any atom is -0.361 e. The number of nitrogens with zero attached hydrogens (tertiary/aromatic N) is 6. The van der Waals surface area contributed by atoms with E-state index in [4.69, 9.17) is 4.52 Å². The molecular weight excluding hydrogens is 470 g/mol. The molecule has 5 aromatic rings. The molecule has 6 rings (SSSR count). The smallest absolute Gasteiger partial charge is 0.191 e. The van der Waals surface area contributed by atoms with Crippen LogP contribution in [0.1, 0.15) is 23.3 Å². The second-order valence-corrected chi connectivity index (χ2v) is 10.4. The van der Waals surface area contributed by atoms with Gasteiger partial charge in [-0.2, -0.15) is 0 Å². The fourth-order valence-corrected chi connectivity index (χ4v) is 5.76. The third kappa shape index (κ3) is 4.56. The number of hydrogen-bond donors (Lipinski definition) is 1. The van der Waals surface area contributed by atoms with E-state index in [1.54, 1.807) is 18.0 Å². The molecule has 0 aliphatic carbocycles. The molecule has 1 aliphatic rings. The van der Waals surface area contributed by atoms with Gasteiger partial charge >= 0.3 is 0 Å². The van der Waals surface area contributed by atoms with Crippen LogP contribution in [0.5, 0.6) is 0 Å². The van der Waals surface area contributed by atoms with Crippen LogP contribution in [-0.2, 0) is 19.9 Å². The molecule has 9 heteroatoms. The van der Waals surface area contributed by atoms with Crippen molar-refractivity contribution in [3.63, 3.8) is 0 Å². The van der Waals surface area contributed by atoms with Crippen LogP contribution in [0.15, 0.2) is 58.5 Å². The first-order valence-corrected chi connectivity index (χ1v) is 13.4. The lowest BCUT2D eigenvalue weighted by Crippen LogP contribution is -2.27. The van der Waals surface area contributed by atoms with Gasteiger partial charge in [0.1, 0.15) is 17.1 Å². The lowest BCUT2D eigenvalue weighted by molar-refractivity contribution is 0.289. The average Bonchev–Trinajstić information content (AvgIpc) is 3.58. The molecule has 5 heterocycles. The number of aromatic nitrogens is 6. The van der Waals surface area contributed by atoms with Gasteiger partial charge in [-0.05, 0) is 62.1 Å². The van der Waals surface area contributed by atoms with Crippen molar-refractivity contribution in [1.82, 2.24) is 34.8 Å². The Balaban J connectivity index is 1.03. The number of rotatable bonds is 7. The van der Waals surface area contributed by atoms with Crippen molar-refractivity contribution in [3.05, 3.63) is 65.7 Å². The molecule has 0 spiro atoms. The average molecular weight is 500 g/mol. The minimum atomic E-state index is 0.844. The predicted molar refractivity (Wildman–Crippen MR) is 142 cm³/mol.